The van der Waals surface area contributed by atoms with Crippen LogP contribution in [0.3, 0.4) is 0 Å². The molecule has 1 aromatic carbocycles. The maximum atomic E-state index is 13.0. The van der Waals surface area contributed by atoms with Gasteiger partial charge in [0.25, 0.3) is 0 Å². The van der Waals surface area contributed by atoms with E-state index in [1.807, 2.05) is 31.2 Å². The van der Waals surface area contributed by atoms with E-state index in [9.17, 15) is 9.59 Å². The van der Waals surface area contributed by atoms with Crippen molar-refractivity contribution in [3.05, 3.63) is 52.7 Å². The Hall–Kier alpha value is -3.50. The number of ketones is 1. The van der Waals surface area contributed by atoms with Crippen LogP contribution in [-0.4, -0.2) is 83.1 Å². The van der Waals surface area contributed by atoms with E-state index in [1.165, 1.54) is 0 Å². The fourth-order valence-corrected chi connectivity index (χ4v) is 4.33. The number of esters is 1. The Kier molecular flexibility index (Phi) is 7.62. The normalized spacial score (nSPS) is 14.7. The van der Waals surface area contributed by atoms with Gasteiger partial charge in [-0.1, -0.05) is 5.16 Å². The number of hydrogen-bond donors (Lipinski definition) is 1. The van der Waals surface area contributed by atoms with Crippen molar-refractivity contribution in [3.63, 3.8) is 0 Å². The van der Waals surface area contributed by atoms with Gasteiger partial charge in [-0.05, 0) is 50.6 Å². The second-order valence-electron chi connectivity index (χ2n) is 8.56. The fraction of sp³-hybridized carbons (Fsp3) is 0.440. The van der Waals surface area contributed by atoms with Crippen LogP contribution < -0.4 is 4.74 Å². The predicted molar refractivity (Wildman–Crippen MR) is 129 cm³/mol. The molecule has 0 bridgehead atoms. The highest BCUT2D eigenvalue weighted by Crippen LogP contribution is 2.22. The number of aromatic nitrogens is 3. The summed E-state index contributed by atoms with van der Waals surface area (Å²) in [5.41, 5.74) is 3.14. The SMILES string of the molecule is CCOC(=O)c1[nH]c(C)c(C(=O)CN2CCN(Cc3nc(-c4ccc(OC)cc4)no3)CC2)c1C. The van der Waals surface area contributed by atoms with E-state index < -0.39 is 5.97 Å². The number of aromatic amines is 1. The van der Waals surface area contributed by atoms with Gasteiger partial charge < -0.3 is 19.0 Å². The summed E-state index contributed by atoms with van der Waals surface area (Å²) < 4.78 is 15.7. The van der Waals surface area contributed by atoms with Crippen molar-refractivity contribution in [1.29, 1.82) is 0 Å². The number of rotatable bonds is 9. The van der Waals surface area contributed by atoms with Crippen molar-refractivity contribution in [1.82, 2.24) is 24.9 Å². The van der Waals surface area contributed by atoms with Crippen molar-refractivity contribution in [2.45, 2.75) is 27.3 Å². The number of carbonyl (C=O) groups excluding carboxylic acids is 2. The number of piperazine rings is 1. The van der Waals surface area contributed by atoms with Gasteiger partial charge in [0.05, 0.1) is 26.8 Å². The van der Waals surface area contributed by atoms with Gasteiger partial charge in [-0.3, -0.25) is 14.6 Å². The quantitative estimate of drug-likeness (QED) is 0.364. The van der Waals surface area contributed by atoms with Crippen LogP contribution in [0.1, 0.15) is 44.9 Å². The van der Waals surface area contributed by atoms with Crippen LogP contribution in [0.2, 0.25) is 0 Å². The number of Topliss-reactive ketones (excluding diaryl/α,β-unsaturated/α-hetero) is 1. The van der Waals surface area contributed by atoms with Crippen LogP contribution in [-0.2, 0) is 11.3 Å². The zero-order valence-electron chi connectivity index (χ0n) is 20.6. The Morgan fingerprint density at radius 2 is 1.77 bits per heavy atom. The van der Waals surface area contributed by atoms with Crippen LogP contribution in [0.15, 0.2) is 28.8 Å². The third-order valence-corrected chi connectivity index (χ3v) is 6.20. The predicted octanol–water partition coefficient (Wildman–Crippen LogP) is 2.87. The first kappa shape index (κ1) is 24.6. The molecule has 0 unspecified atom stereocenters. The lowest BCUT2D eigenvalue weighted by Crippen LogP contribution is -2.47. The smallest absolute Gasteiger partial charge is 0.355 e. The number of aryl methyl sites for hydroxylation is 1. The zero-order chi connectivity index (χ0) is 24.9. The van der Waals surface area contributed by atoms with E-state index in [0.29, 0.717) is 47.3 Å². The van der Waals surface area contributed by atoms with Gasteiger partial charge in [0.1, 0.15) is 11.4 Å². The molecule has 1 N–H and O–H groups in total. The minimum atomic E-state index is -0.433. The number of carbonyl (C=O) groups is 2. The molecule has 10 heteroatoms. The van der Waals surface area contributed by atoms with Crippen LogP contribution >= 0.6 is 0 Å². The number of nitrogens with one attached hydrogen (secondary N) is 1. The Bertz CT molecular complexity index is 1180. The molecule has 186 valence electrons. The van der Waals surface area contributed by atoms with Crippen LogP contribution in [0.25, 0.3) is 11.4 Å². The molecule has 1 saturated heterocycles. The van der Waals surface area contributed by atoms with Gasteiger partial charge >= 0.3 is 5.97 Å². The molecule has 0 atom stereocenters. The number of nitrogens with zero attached hydrogens (tertiary/aromatic N) is 4. The first-order chi connectivity index (χ1) is 16.9. The second kappa shape index (κ2) is 10.8. The highest BCUT2D eigenvalue weighted by molar-refractivity contribution is 6.03. The molecule has 0 saturated carbocycles. The average molecular weight is 482 g/mol. The van der Waals surface area contributed by atoms with Gasteiger partial charge in [0.2, 0.25) is 11.7 Å². The van der Waals surface area contributed by atoms with Crippen LogP contribution in [0.5, 0.6) is 5.75 Å². The third kappa shape index (κ3) is 5.60. The largest absolute Gasteiger partial charge is 0.497 e. The Morgan fingerprint density at radius 3 is 2.43 bits per heavy atom. The summed E-state index contributed by atoms with van der Waals surface area (Å²) in [6.45, 7) is 9.57. The van der Waals surface area contributed by atoms with Gasteiger partial charge in [-0.2, -0.15) is 4.98 Å². The highest BCUT2D eigenvalue weighted by Gasteiger charge is 2.26. The van der Waals surface area contributed by atoms with E-state index in [-0.39, 0.29) is 12.4 Å². The van der Waals surface area contributed by atoms with E-state index in [1.54, 1.807) is 21.0 Å². The summed E-state index contributed by atoms with van der Waals surface area (Å²) in [6, 6.07) is 7.51. The Balaban J connectivity index is 1.30. The molecule has 0 amide bonds. The minimum Gasteiger partial charge on any atom is -0.497 e. The molecule has 2 aromatic heterocycles. The van der Waals surface area contributed by atoms with Crippen molar-refractivity contribution in [2.75, 3.05) is 46.4 Å². The van der Waals surface area contributed by atoms with E-state index >= 15 is 0 Å². The fourth-order valence-electron chi connectivity index (χ4n) is 4.33. The number of methoxy groups -OCH3 is 1. The Labute approximate surface area is 204 Å². The maximum absolute atomic E-state index is 13.0. The third-order valence-electron chi connectivity index (χ3n) is 6.20. The summed E-state index contributed by atoms with van der Waals surface area (Å²) in [6.07, 6.45) is 0. The summed E-state index contributed by atoms with van der Waals surface area (Å²) >= 11 is 0. The maximum Gasteiger partial charge on any atom is 0.355 e. The molecule has 35 heavy (non-hydrogen) atoms. The molecular formula is C25H31N5O5. The summed E-state index contributed by atoms with van der Waals surface area (Å²) in [4.78, 5) is 37.1. The van der Waals surface area contributed by atoms with Crippen molar-refractivity contribution >= 4 is 11.8 Å². The minimum absolute atomic E-state index is 0.00119. The number of benzene rings is 1. The van der Waals surface area contributed by atoms with Gasteiger partial charge in [0, 0.05) is 43.0 Å². The second-order valence-corrected chi connectivity index (χ2v) is 8.56. The first-order valence-electron chi connectivity index (χ1n) is 11.7. The lowest BCUT2D eigenvalue weighted by Gasteiger charge is -2.33. The van der Waals surface area contributed by atoms with Crippen molar-refractivity contribution in [3.8, 4) is 17.1 Å². The van der Waals surface area contributed by atoms with E-state index in [4.69, 9.17) is 14.0 Å². The van der Waals surface area contributed by atoms with Crippen LogP contribution in [0, 0.1) is 13.8 Å². The van der Waals surface area contributed by atoms with Gasteiger partial charge in [0.15, 0.2) is 5.78 Å². The molecule has 3 aromatic rings. The molecule has 0 radical (unpaired) electrons. The van der Waals surface area contributed by atoms with Gasteiger partial charge in [-0.25, -0.2) is 4.79 Å². The molecule has 3 heterocycles. The lowest BCUT2D eigenvalue weighted by atomic mass is 10.0. The molecular weight excluding hydrogens is 450 g/mol. The molecule has 1 fully saturated rings. The highest BCUT2D eigenvalue weighted by atomic mass is 16.5. The summed E-state index contributed by atoms with van der Waals surface area (Å²) in [5.74, 6) is 1.45. The van der Waals surface area contributed by atoms with E-state index in [2.05, 4.69) is 24.9 Å². The van der Waals surface area contributed by atoms with Crippen molar-refractivity contribution in [2.24, 2.45) is 0 Å². The number of H-pyrrole nitrogens is 1. The molecule has 0 spiro atoms. The Morgan fingerprint density at radius 1 is 1.09 bits per heavy atom. The first-order valence-corrected chi connectivity index (χ1v) is 11.7. The molecule has 10 nitrogen and oxygen atoms in total. The van der Waals surface area contributed by atoms with Crippen molar-refractivity contribution < 1.29 is 23.6 Å². The van der Waals surface area contributed by atoms with E-state index in [0.717, 1.165) is 37.5 Å². The standard InChI is InChI=1S/C25H31N5O5/c1-5-34-25(32)23-16(2)22(17(3)26-23)20(31)14-29-10-12-30(13-11-29)15-21-27-24(28-35-21)18-6-8-19(33-4)9-7-18/h6-9,26H,5,10-15H2,1-4H3. The monoisotopic (exact) mass is 481 g/mol. The zero-order valence-corrected chi connectivity index (χ0v) is 20.6. The summed E-state index contributed by atoms with van der Waals surface area (Å²) in [5, 5.41) is 4.09. The molecule has 4 rings (SSSR count). The topological polar surface area (TPSA) is 114 Å². The number of ether oxygens (including phenoxy) is 2. The van der Waals surface area contributed by atoms with Crippen LogP contribution in [0.4, 0.5) is 0 Å². The summed E-state index contributed by atoms with van der Waals surface area (Å²) in [7, 11) is 1.63. The number of hydrogen-bond acceptors (Lipinski definition) is 9. The molecule has 0 aliphatic carbocycles. The molecule has 1 aliphatic heterocycles. The average Bonchev–Trinajstić information content (AvgIpc) is 3.44. The van der Waals surface area contributed by atoms with Gasteiger partial charge in [-0.15, -0.1) is 0 Å². The lowest BCUT2D eigenvalue weighted by molar-refractivity contribution is 0.0519. The molecule has 1 aliphatic rings.